The Kier molecular flexibility index (Phi) is 7.12. The number of amides is 1. The van der Waals surface area contributed by atoms with Crippen molar-refractivity contribution < 1.29 is 27.4 Å². The molecule has 35 heavy (non-hydrogen) atoms. The summed E-state index contributed by atoms with van der Waals surface area (Å²) in [6.07, 6.45) is 3.81. The Morgan fingerprint density at radius 1 is 1.29 bits per heavy atom. The summed E-state index contributed by atoms with van der Waals surface area (Å²) in [6, 6.07) is 1.96. The van der Waals surface area contributed by atoms with Crippen molar-refractivity contribution >= 4 is 5.91 Å². The molecule has 3 fully saturated rings. The van der Waals surface area contributed by atoms with Gasteiger partial charge < -0.3 is 14.4 Å². The number of fused-ring (bicyclic) bond motifs is 2. The van der Waals surface area contributed by atoms with E-state index in [1.807, 2.05) is 4.90 Å². The summed E-state index contributed by atoms with van der Waals surface area (Å²) in [5.74, 6) is 0.482. The molecule has 2 saturated carbocycles. The first-order valence-corrected chi connectivity index (χ1v) is 13.0. The lowest BCUT2D eigenvalue weighted by atomic mass is 9.78. The average Bonchev–Trinajstić information content (AvgIpc) is 3.42. The first kappa shape index (κ1) is 25.0. The van der Waals surface area contributed by atoms with Crippen LogP contribution in [0.25, 0.3) is 0 Å². The summed E-state index contributed by atoms with van der Waals surface area (Å²) < 4.78 is 50.8. The molecule has 9 heteroatoms. The van der Waals surface area contributed by atoms with Gasteiger partial charge in [0.1, 0.15) is 0 Å². The van der Waals surface area contributed by atoms with Gasteiger partial charge in [0.05, 0.1) is 17.6 Å². The van der Waals surface area contributed by atoms with Gasteiger partial charge >= 0.3 is 6.18 Å². The molecule has 0 aromatic carbocycles. The number of carbonyl (C=O) groups is 1. The van der Waals surface area contributed by atoms with Crippen LogP contribution in [0, 0.1) is 11.3 Å². The van der Waals surface area contributed by atoms with E-state index in [1.165, 1.54) is 6.07 Å². The highest BCUT2D eigenvalue weighted by Gasteiger charge is 2.57. The third kappa shape index (κ3) is 4.83. The highest BCUT2D eigenvalue weighted by molar-refractivity contribution is 5.84. The minimum atomic E-state index is -4.43. The second-order valence-corrected chi connectivity index (χ2v) is 10.7. The van der Waals surface area contributed by atoms with Gasteiger partial charge in [-0.1, -0.05) is 6.42 Å². The van der Waals surface area contributed by atoms with Crippen LogP contribution in [0.1, 0.15) is 61.8 Å². The Balaban J connectivity index is 1.34. The van der Waals surface area contributed by atoms with Crippen molar-refractivity contribution in [2.24, 2.45) is 11.3 Å². The molecular weight excluding hydrogens is 459 g/mol. The van der Waals surface area contributed by atoms with Gasteiger partial charge in [0, 0.05) is 70.4 Å². The molecule has 6 nitrogen and oxygen atoms in total. The van der Waals surface area contributed by atoms with E-state index in [9.17, 15) is 18.0 Å². The van der Waals surface area contributed by atoms with Crippen LogP contribution in [-0.4, -0.2) is 72.8 Å². The number of nitrogens with zero attached hydrogens (tertiary/aromatic N) is 3. The molecule has 0 bridgehead atoms. The van der Waals surface area contributed by atoms with E-state index in [2.05, 4.69) is 9.88 Å². The fraction of sp³-hybridized carbons (Fsp3) is 0.769. The summed E-state index contributed by atoms with van der Waals surface area (Å²) in [7, 11) is 1.73. The maximum absolute atomic E-state index is 14.1. The first-order valence-electron chi connectivity index (χ1n) is 13.0. The number of aromatic nitrogens is 1. The van der Waals surface area contributed by atoms with E-state index in [-0.39, 0.29) is 12.5 Å². The van der Waals surface area contributed by atoms with E-state index < -0.39 is 17.2 Å². The Morgan fingerprint density at radius 3 is 2.83 bits per heavy atom. The van der Waals surface area contributed by atoms with E-state index >= 15 is 0 Å². The molecule has 4 aliphatic rings. The van der Waals surface area contributed by atoms with Crippen molar-refractivity contribution in [3.05, 3.63) is 29.1 Å². The molecule has 1 aromatic heterocycles. The van der Waals surface area contributed by atoms with Gasteiger partial charge in [-0.3, -0.25) is 14.7 Å². The molecule has 0 N–H and O–H groups in total. The van der Waals surface area contributed by atoms with Crippen LogP contribution in [0.5, 0.6) is 0 Å². The molecule has 1 aromatic rings. The van der Waals surface area contributed by atoms with E-state index in [0.717, 1.165) is 70.9 Å². The zero-order valence-electron chi connectivity index (χ0n) is 20.5. The van der Waals surface area contributed by atoms with Crippen molar-refractivity contribution in [3.8, 4) is 0 Å². The van der Waals surface area contributed by atoms with Crippen LogP contribution >= 0.6 is 0 Å². The largest absolute Gasteiger partial charge is 0.417 e. The molecule has 3 heterocycles. The second kappa shape index (κ2) is 9.98. The fourth-order valence-corrected chi connectivity index (χ4v) is 7.16. The average molecular weight is 496 g/mol. The highest BCUT2D eigenvalue weighted by Crippen LogP contribution is 2.57. The summed E-state index contributed by atoms with van der Waals surface area (Å²) in [5.41, 5.74) is 0.0721. The monoisotopic (exact) mass is 495 g/mol. The Morgan fingerprint density at radius 2 is 2.09 bits per heavy atom. The van der Waals surface area contributed by atoms with Crippen LogP contribution in [0.2, 0.25) is 0 Å². The number of pyridine rings is 1. The van der Waals surface area contributed by atoms with Crippen molar-refractivity contribution in [1.82, 2.24) is 14.8 Å². The molecule has 2 aliphatic carbocycles. The van der Waals surface area contributed by atoms with Gasteiger partial charge in [0.25, 0.3) is 0 Å². The molecule has 0 unspecified atom stereocenters. The summed E-state index contributed by atoms with van der Waals surface area (Å²) >= 11 is 0. The molecule has 194 valence electrons. The van der Waals surface area contributed by atoms with Gasteiger partial charge in [-0.05, 0) is 56.1 Å². The van der Waals surface area contributed by atoms with E-state index in [4.69, 9.17) is 9.47 Å². The highest BCUT2D eigenvalue weighted by atomic mass is 19.4. The maximum Gasteiger partial charge on any atom is 0.417 e. The quantitative estimate of drug-likeness (QED) is 0.596. The molecule has 0 spiro atoms. The van der Waals surface area contributed by atoms with E-state index in [0.29, 0.717) is 48.8 Å². The number of carbonyl (C=O) groups excluding carboxylic acids is 1. The van der Waals surface area contributed by atoms with Crippen LogP contribution < -0.4 is 0 Å². The van der Waals surface area contributed by atoms with Crippen molar-refractivity contribution in [1.29, 1.82) is 0 Å². The number of alkyl halides is 3. The van der Waals surface area contributed by atoms with Gasteiger partial charge in [0.15, 0.2) is 0 Å². The Labute approximate surface area is 205 Å². The topological polar surface area (TPSA) is 54.9 Å². The summed E-state index contributed by atoms with van der Waals surface area (Å²) in [4.78, 5) is 22.5. The van der Waals surface area contributed by atoms with Crippen LogP contribution in [0.15, 0.2) is 12.3 Å². The van der Waals surface area contributed by atoms with Gasteiger partial charge in [-0.15, -0.1) is 0 Å². The van der Waals surface area contributed by atoms with Crippen LogP contribution in [0.3, 0.4) is 0 Å². The van der Waals surface area contributed by atoms with Crippen molar-refractivity contribution in [3.63, 3.8) is 0 Å². The Bertz CT molecular complexity index is 921. The molecule has 2 aliphatic heterocycles. The minimum Gasteiger partial charge on any atom is -0.383 e. The minimum absolute atomic E-state index is 0.143. The summed E-state index contributed by atoms with van der Waals surface area (Å²) in [6.45, 7) is 3.81. The first-order chi connectivity index (χ1) is 16.8. The third-order valence-corrected chi connectivity index (χ3v) is 8.88. The fourth-order valence-electron chi connectivity index (χ4n) is 7.16. The molecule has 3 atom stereocenters. The number of rotatable bonds is 6. The zero-order chi connectivity index (χ0) is 24.6. The smallest absolute Gasteiger partial charge is 0.383 e. The number of methoxy groups -OCH3 is 1. The summed E-state index contributed by atoms with van der Waals surface area (Å²) in [5, 5.41) is 0. The molecular formula is C26H36F3N3O3. The molecule has 1 saturated heterocycles. The Hall–Kier alpha value is -1.71. The predicted molar refractivity (Wildman–Crippen MR) is 124 cm³/mol. The van der Waals surface area contributed by atoms with E-state index in [1.54, 1.807) is 7.11 Å². The molecule has 0 radical (unpaired) electrons. The predicted octanol–water partition coefficient (Wildman–Crippen LogP) is 4.06. The van der Waals surface area contributed by atoms with Crippen LogP contribution in [-0.2, 0) is 33.4 Å². The third-order valence-electron chi connectivity index (χ3n) is 8.88. The zero-order valence-corrected chi connectivity index (χ0v) is 20.5. The van der Waals surface area contributed by atoms with Crippen molar-refractivity contribution in [2.45, 2.75) is 76.2 Å². The standard InChI is InChI=1S/C26H36F3N3O3/c1-34-12-9-32(21-5-10-35-11-6-21)22-14-19-3-2-7-25(19,15-22)24(33)31-8-4-23-18(17-31)13-20(16-30-23)26(27,28)29/h13,16,19,21-22H,2-12,14-15,17H2,1H3/t19-,22-,25-/m1/s1. The SMILES string of the molecule is COCCN(C1CCOCC1)[C@@H]1C[C@H]2CCC[C@@]2(C(=O)N2CCc3ncc(C(F)(F)F)cc3C2)C1. The van der Waals surface area contributed by atoms with Gasteiger partial charge in [-0.2, -0.15) is 13.2 Å². The number of halogens is 3. The number of ether oxygens (including phenoxy) is 2. The van der Waals surface area contributed by atoms with Crippen molar-refractivity contribution in [2.75, 3.05) is 40.0 Å². The molecule has 1 amide bonds. The molecule has 5 rings (SSSR count). The lowest BCUT2D eigenvalue weighted by molar-refractivity contribution is -0.144. The second-order valence-electron chi connectivity index (χ2n) is 10.7. The normalized spacial score (nSPS) is 29.5. The lowest BCUT2D eigenvalue weighted by Gasteiger charge is -2.40. The van der Waals surface area contributed by atoms with Gasteiger partial charge in [-0.25, -0.2) is 0 Å². The maximum atomic E-state index is 14.1. The number of hydrogen-bond acceptors (Lipinski definition) is 5. The number of hydrogen-bond donors (Lipinski definition) is 0. The lowest BCUT2D eigenvalue weighted by Crippen LogP contribution is -2.49. The van der Waals surface area contributed by atoms with Gasteiger partial charge in [0.2, 0.25) is 5.91 Å². The van der Waals surface area contributed by atoms with Crippen LogP contribution in [0.4, 0.5) is 13.2 Å².